The summed E-state index contributed by atoms with van der Waals surface area (Å²) in [5, 5.41) is 11.6. The molecular formula is C23H26N2O5. The molecule has 0 bridgehead atoms. The fraction of sp³-hybridized carbons (Fsp3) is 0.348. The zero-order valence-corrected chi connectivity index (χ0v) is 17.7. The van der Waals surface area contributed by atoms with Crippen LogP contribution in [-0.2, 0) is 0 Å². The number of carbonyl (C=O) groups is 1. The highest BCUT2D eigenvalue weighted by Gasteiger charge is 2.32. The van der Waals surface area contributed by atoms with Crippen molar-refractivity contribution in [1.29, 1.82) is 0 Å². The fourth-order valence-corrected chi connectivity index (χ4v) is 3.83. The summed E-state index contributed by atoms with van der Waals surface area (Å²) in [6, 6.07) is 10.7. The van der Waals surface area contributed by atoms with E-state index in [2.05, 4.69) is 0 Å². The van der Waals surface area contributed by atoms with Crippen molar-refractivity contribution < 1.29 is 19.2 Å². The van der Waals surface area contributed by atoms with Gasteiger partial charge in [0.25, 0.3) is 11.6 Å². The summed E-state index contributed by atoms with van der Waals surface area (Å²) < 4.78 is 10.5. The van der Waals surface area contributed by atoms with Crippen LogP contribution in [0.4, 0.5) is 5.69 Å². The molecule has 0 N–H and O–H groups in total. The number of amides is 1. The SMILES string of the molecule is CC[C@@H]1CC(c2ccc(OC)cc2)=CCN1C(=O)c1cc(OC)c(C)cc1[N+](=O)[O-]. The van der Waals surface area contributed by atoms with E-state index in [1.165, 1.54) is 19.2 Å². The molecule has 0 aliphatic carbocycles. The molecule has 1 atom stereocenters. The fourth-order valence-electron chi connectivity index (χ4n) is 3.83. The molecule has 0 unspecified atom stereocenters. The second-order valence-corrected chi connectivity index (χ2v) is 7.28. The molecule has 1 heterocycles. The molecule has 2 aromatic carbocycles. The van der Waals surface area contributed by atoms with Gasteiger partial charge in [-0.2, -0.15) is 0 Å². The summed E-state index contributed by atoms with van der Waals surface area (Å²) in [6.45, 7) is 4.14. The third-order valence-corrected chi connectivity index (χ3v) is 5.56. The monoisotopic (exact) mass is 410 g/mol. The lowest BCUT2D eigenvalue weighted by molar-refractivity contribution is -0.385. The summed E-state index contributed by atoms with van der Waals surface area (Å²) in [4.78, 5) is 26.1. The minimum atomic E-state index is -0.511. The number of hydrogen-bond donors (Lipinski definition) is 0. The number of nitrogens with zero attached hydrogens (tertiary/aromatic N) is 2. The number of nitro benzene ring substituents is 1. The number of nitro groups is 1. The second-order valence-electron chi connectivity index (χ2n) is 7.28. The predicted molar refractivity (Wildman–Crippen MR) is 115 cm³/mol. The van der Waals surface area contributed by atoms with Crippen LogP contribution in [0.2, 0.25) is 0 Å². The van der Waals surface area contributed by atoms with E-state index in [0.29, 0.717) is 24.3 Å². The second kappa shape index (κ2) is 8.98. The van der Waals surface area contributed by atoms with Crippen LogP contribution in [0.5, 0.6) is 11.5 Å². The number of benzene rings is 2. The standard InChI is InChI=1S/C23H26N2O5/c1-5-18-13-17(16-6-8-19(29-3)9-7-16)10-11-24(18)23(26)20-14-22(30-4)15(2)12-21(20)25(27)28/h6-10,12,14,18H,5,11,13H2,1-4H3/t18-/m1/s1. The van der Waals surface area contributed by atoms with Gasteiger partial charge in [-0.15, -0.1) is 0 Å². The van der Waals surface area contributed by atoms with Crippen LogP contribution in [0.1, 0.15) is 41.3 Å². The van der Waals surface area contributed by atoms with E-state index in [1.807, 2.05) is 37.3 Å². The van der Waals surface area contributed by atoms with Crippen molar-refractivity contribution in [1.82, 2.24) is 4.90 Å². The Hall–Kier alpha value is -3.35. The van der Waals surface area contributed by atoms with Crippen LogP contribution >= 0.6 is 0 Å². The molecule has 2 aromatic rings. The minimum absolute atomic E-state index is 0.0495. The van der Waals surface area contributed by atoms with Crippen LogP contribution < -0.4 is 9.47 Å². The lowest BCUT2D eigenvalue weighted by Gasteiger charge is -2.35. The van der Waals surface area contributed by atoms with Crippen molar-refractivity contribution in [2.75, 3.05) is 20.8 Å². The average molecular weight is 410 g/mol. The molecule has 7 heteroatoms. The molecule has 0 spiro atoms. The molecule has 0 fully saturated rings. The molecule has 0 saturated heterocycles. The van der Waals surface area contributed by atoms with E-state index in [0.717, 1.165) is 23.3 Å². The van der Waals surface area contributed by atoms with Gasteiger partial charge >= 0.3 is 0 Å². The summed E-state index contributed by atoms with van der Waals surface area (Å²) in [6.07, 6.45) is 3.45. The molecular weight excluding hydrogens is 384 g/mol. The molecule has 0 aromatic heterocycles. The summed E-state index contributed by atoms with van der Waals surface area (Å²) in [5.41, 5.74) is 2.72. The first-order valence-electron chi connectivity index (χ1n) is 9.87. The molecule has 1 aliphatic rings. The van der Waals surface area contributed by atoms with Gasteiger partial charge in [-0.3, -0.25) is 14.9 Å². The van der Waals surface area contributed by atoms with Crippen LogP contribution in [0.25, 0.3) is 5.57 Å². The first kappa shape index (κ1) is 21.4. The van der Waals surface area contributed by atoms with Crippen LogP contribution in [0, 0.1) is 17.0 Å². The normalized spacial score (nSPS) is 16.1. The third-order valence-electron chi connectivity index (χ3n) is 5.56. The molecule has 1 aliphatic heterocycles. The molecule has 7 nitrogen and oxygen atoms in total. The molecule has 158 valence electrons. The van der Waals surface area contributed by atoms with Gasteiger partial charge in [0.05, 0.1) is 19.1 Å². The molecule has 0 radical (unpaired) electrons. The van der Waals surface area contributed by atoms with Gasteiger partial charge < -0.3 is 14.4 Å². The zero-order chi connectivity index (χ0) is 21.8. The smallest absolute Gasteiger partial charge is 0.282 e. The van der Waals surface area contributed by atoms with Gasteiger partial charge in [-0.05, 0) is 48.6 Å². The molecule has 1 amide bonds. The minimum Gasteiger partial charge on any atom is -0.497 e. The van der Waals surface area contributed by atoms with Gasteiger partial charge in [-0.25, -0.2) is 0 Å². The number of rotatable bonds is 6. The van der Waals surface area contributed by atoms with Gasteiger partial charge in [-0.1, -0.05) is 25.1 Å². The zero-order valence-electron chi connectivity index (χ0n) is 17.7. The van der Waals surface area contributed by atoms with Crippen LogP contribution in [-0.4, -0.2) is 42.5 Å². The third kappa shape index (κ3) is 4.15. The van der Waals surface area contributed by atoms with Gasteiger partial charge in [0.1, 0.15) is 17.1 Å². The summed E-state index contributed by atoms with van der Waals surface area (Å²) in [7, 11) is 3.12. The number of hydrogen-bond acceptors (Lipinski definition) is 5. The highest BCUT2D eigenvalue weighted by molar-refractivity contribution is 5.99. The van der Waals surface area contributed by atoms with Crippen molar-refractivity contribution in [3.05, 3.63) is 69.3 Å². The first-order valence-corrected chi connectivity index (χ1v) is 9.87. The van der Waals surface area contributed by atoms with Crippen molar-refractivity contribution in [2.45, 2.75) is 32.7 Å². The Labute approximate surface area is 176 Å². The Kier molecular flexibility index (Phi) is 6.40. The molecule has 3 rings (SSSR count). The summed E-state index contributed by atoms with van der Waals surface area (Å²) >= 11 is 0. The number of methoxy groups -OCH3 is 2. The Morgan fingerprint density at radius 2 is 1.90 bits per heavy atom. The number of aryl methyl sites for hydroxylation is 1. The van der Waals surface area contributed by atoms with E-state index in [9.17, 15) is 14.9 Å². The Bertz CT molecular complexity index is 982. The van der Waals surface area contributed by atoms with E-state index in [1.54, 1.807) is 18.9 Å². The van der Waals surface area contributed by atoms with Gasteiger partial charge in [0, 0.05) is 24.7 Å². The van der Waals surface area contributed by atoms with Gasteiger partial charge in [0.2, 0.25) is 0 Å². The maximum Gasteiger partial charge on any atom is 0.282 e. The Morgan fingerprint density at radius 3 is 2.47 bits per heavy atom. The number of carbonyl (C=O) groups excluding carboxylic acids is 1. The highest BCUT2D eigenvalue weighted by atomic mass is 16.6. The topological polar surface area (TPSA) is 81.9 Å². The van der Waals surface area contributed by atoms with Crippen molar-refractivity contribution >= 4 is 17.2 Å². The van der Waals surface area contributed by atoms with E-state index in [-0.39, 0.29) is 23.2 Å². The average Bonchev–Trinajstić information content (AvgIpc) is 2.77. The van der Waals surface area contributed by atoms with Crippen LogP contribution in [0.15, 0.2) is 42.5 Å². The maximum absolute atomic E-state index is 13.3. The Morgan fingerprint density at radius 1 is 1.20 bits per heavy atom. The number of ether oxygens (including phenoxy) is 2. The highest BCUT2D eigenvalue weighted by Crippen LogP contribution is 2.33. The largest absolute Gasteiger partial charge is 0.497 e. The van der Waals surface area contributed by atoms with Crippen molar-refractivity contribution in [3.63, 3.8) is 0 Å². The quantitative estimate of drug-likeness (QED) is 0.512. The van der Waals surface area contributed by atoms with Crippen molar-refractivity contribution in [3.8, 4) is 11.5 Å². The lowest BCUT2D eigenvalue weighted by Crippen LogP contribution is -2.42. The maximum atomic E-state index is 13.3. The summed E-state index contributed by atoms with van der Waals surface area (Å²) in [5.74, 6) is 0.903. The lowest BCUT2D eigenvalue weighted by atomic mass is 9.92. The first-order chi connectivity index (χ1) is 14.4. The van der Waals surface area contributed by atoms with Crippen LogP contribution in [0.3, 0.4) is 0 Å². The predicted octanol–water partition coefficient (Wildman–Crippen LogP) is 4.63. The molecule has 30 heavy (non-hydrogen) atoms. The molecule has 0 saturated carbocycles. The Balaban J connectivity index is 1.93. The van der Waals surface area contributed by atoms with E-state index in [4.69, 9.17) is 9.47 Å². The van der Waals surface area contributed by atoms with Crippen molar-refractivity contribution in [2.24, 2.45) is 0 Å². The van der Waals surface area contributed by atoms with E-state index < -0.39 is 4.92 Å². The van der Waals surface area contributed by atoms with E-state index >= 15 is 0 Å². The van der Waals surface area contributed by atoms with Gasteiger partial charge in [0.15, 0.2) is 0 Å².